The molecule has 1 aliphatic rings. The molecule has 1 heterocycles. The molecule has 3 amide bonds. The Kier molecular flexibility index (Phi) is 5.62. The van der Waals surface area contributed by atoms with E-state index in [9.17, 15) is 9.59 Å². The number of halogens is 1. The molecule has 1 aromatic rings. The van der Waals surface area contributed by atoms with Gasteiger partial charge in [-0.25, -0.2) is 4.79 Å². The highest BCUT2D eigenvalue weighted by Gasteiger charge is 2.46. The summed E-state index contributed by atoms with van der Waals surface area (Å²) in [4.78, 5) is 28.1. The van der Waals surface area contributed by atoms with Gasteiger partial charge in [-0.05, 0) is 18.9 Å². The lowest BCUT2D eigenvalue weighted by molar-refractivity contribution is -0.128. The van der Waals surface area contributed by atoms with Crippen molar-refractivity contribution >= 4 is 27.9 Å². The van der Waals surface area contributed by atoms with Gasteiger partial charge in [0.2, 0.25) is 5.91 Å². The lowest BCUT2D eigenvalue weighted by Gasteiger charge is -2.26. The quantitative estimate of drug-likeness (QED) is 0.739. The molecule has 120 valence electrons. The molecule has 1 saturated heterocycles. The van der Waals surface area contributed by atoms with Crippen molar-refractivity contribution in [3.8, 4) is 0 Å². The van der Waals surface area contributed by atoms with Crippen LogP contribution in [0.5, 0.6) is 0 Å². The van der Waals surface area contributed by atoms with Crippen LogP contribution in [-0.4, -0.2) is 39.7 Å². The molecule has 0 aliphatic carbocycles. The summed E-state index contributed by atoms with van der Waals surface area (Å²) in [7, 11) is 1.76. The van der Waals surface area contributed by atoms with Crippen molar-refractivity contribution in [1.29, 1.82) is 0 Å². The number of likely N-dealkylation sites (N-methyl/N-ethyl adjacent to an activating group) is 1. The third-order valence-electron chi connectivity index (χ3n) is 4.31. The predicted molar refractivity (Wildman–Crippen MR) is 90.9 cm³/mol. The molecule has 0 N–H and O–H groups in total. The van der Waals surface area contributed by atoms with Crippen LogP contribution < -0.4 is 0 Å². The van der Waals surface area contributed by atoms with Gasteiger partial charge in [-0.15, -0.1) is 0 Å². The number of carbonyl (C=O) groups excluding carboxylic acids is 2. The summed E-state index contributed by atoms with van der Waals surface area (Å²) in [6.45, 7) is 4.08. The zero-order chi connectivity index (χ0) is 16.3. The van der Waals surface area contributed by atoms with Crippen molar-refractivity contribution in [3.63, 3.8) is 0 Å². The Hall–Kier alpha value is -1.36. The van der Waals surface area contributed by atoms with E-state index < -0.39 is 0 Å². The van der Waals surface area contributed by atoms with Crippen molar-refractivity contribution in [3.05, 3.63) is 35.9 Å². The molecule has 1 fully saturated rings. The fraction of sp³-hybridized carbons (Fsp3) is 0.529. The van der Waals surface area contributed by atoms with E-state index in [4.69, 9.17) is 0 Å². The number of unbranched alkanes of at least 4 members (excludes halogenated alkanes) is 1. The van der Waals surface area contributed by atoms with Crippen molar-refractivity contribution < 1.29 is 9.59 Å². The predicted octanol–water partition coefficient (Wildman–Crippen LogP) is 3.96. The zero-order valence-electron chi connectivity index (χ0n) is 13.3. The Morgan fingerprint density at radius 2 is 1.95 bits per heavy atom. The number of amides is 3. The number of rotatable bonds is 5. The fourth-order valence-electron chi connectivity index (χ4n) is 2.86. The van der Waals surface area contributed by atoms with Crippen LogP contribution in [0.4, 0.5) is 4.79 Å². The topological polar surface area (TPSA) is 40.6 Å². The number of benzene rings is 1. The Morgan fingerprint density at radius 3 is 2.55 bits per heavy atom. The number of urea groups is 1. The molecule has 0 aromatic heterocycles. The molecule has 0 radical (unpaired) electrons. The second kappa shape index (κ2) is 7.27. The molecule has 3 atom stereocenters. The molecular formula is C17H23BrN2O2. The summed E-state index contributed by atoms with van der Waals surface area (Å²) >= 11 is 3.46. The Labute approximate surface area is 140 Å². The van der Waals surface area contributed by atoms with Gasteiger partial charge in [0.25, 0.3) is 0 Å². The number of hydrogen-bond donors (Lipinski definition) is 0. The summed E-state index contributed by atoms with van der Waals surface area (Å²) in [5.41, 5.74) is 0.997. The van der Waals surface area contributed by atoms with Gasteiger partial charge in [0.05, 0.1) is 16.9 Å². The van der Waals surface area contributed by atoms with E-state index in [-0.39, 0.29) is 28.8 Å². The lowest BCUT2D eigenvalue weighted by Crippen LogP contribution is -2.40. The minimum atomic E-state index is -0.304. The van der Waals surface area contributed by atoms with Gasteiger partial charge in [-0.2, -0.15) is 0 Å². The number of imide groups is 1. The van der Waals surface area contributed by atoms with Crippen LogP contribution in [0.25, 0.3) is 0 Å². The van der Waals surface area contributed by atoms with Gasteiger partial charge in [0.15, 0.2) is 0 Å². The van der Waals surface area contributed by atoms with Crippen LogP contribution in [0.15, 0.2) is 30.3 Å². The number of nitrogens with zero attached hydrogens (tertiary/aromatic N) is 2. The molecule has 1 aliphatic heterocycles. The van der Waals surface area contributed by atoms with Gasteiger partial charge in [-0.3, -0.25) is 9.69 Å². The molecular weight excluding hydrogens is 344 g/mol. The summed E-state index contributed by atoms with van der Waals surface area (Å²) in [6, 6.07) is 9.29. The summed E-state index contributed by atoms with van der Waals surface area (Å²) in [6.07, 6.45) is 2.74. The first-order valence-corrected chi connectivity index (χ1v) is 8.69. The maximum absolute atomic E-state index is 12.8. The van der Waals surface area contributed by atoms with E-state index in [1.165, 1.54) is 4.90 Å². The zero-order valence-corrected chi connectivity index (χ0v) is 14.9. The summed E-state index contributed by atoms with van der Waals surface area (Å²) in [5, 5.41) is 0. The number of hydrogen-bond acceptors (Lipinski definition) is 2. The Balaban J connectivity index is 2.29. The minimum absolute atomic E-state index is 0.0373. The van der Waals surface area contributed by atoms with Gasteiger partial charge >= 0.3 is 6.03 Å². The standard InChI is InChI=1S/C17H23BrN2O2/c1-4-5-11-14(18)16(21)20-15(12(2)19(3)17(20)22)13-9-7-6-8-10-13/h6-10,12,14-15H,4-5,11H2,1-3H3/t12-,14+,15-/m0/s1. The van der Waals surface area contributed by atoms with E-state index in [1.807, 2.05) is 37.3 Å². The number of carbonyl (C=O) groups is 2. The van der Waals surface area contributed by atoms with Crippen molar-refractivity contribution in [1.82, 2.24) is 9.80 Å². The highest BCUT2D eigenvalue weighted by atomic mass is 79.9. The molecule has 1 aromatic carbocycles. The second-order valence-electron chi connectivity index (χ2n) is 5.81. The van der Waals surface area contributed by atoms with E-state index in [0.717, 1.165) is 24.8 Å². The SMILES string of the molecule is CCCC[C@@H](Br)C(=O)N1C(=O)N(C)[C@@H](C)[C@H]1c1ccccc1. The third-order valence-corrected chi connectivity index (χ3v) is 5.16. The molecule has 22 heavy (non-hydrogen) atoms. The molecule has 0 unspecified atom stereocenters. The largest absolute Gasteiger partial charge is 0.327 e. The molecule has 2 rings (SSSR count). The molecule has 5 heteroatoms. The summed E-state index contributed by atoms with van der Waals surface area (Å²) < 4.78 is 0. The van der Waals surface area contributed by atoms with Crippen molar-refractivity contribution in [2.75, 3.05) is 7.05 Å². The molecule has 0 spiro atoms. The van der Waals surface area contributed by atoms with Crippen LogP contribution in [0.2, 0.25) is 0 Å². The first-order chi connectivity index (χ1) is 10.5. The van der Waals surface area contributed by atoms with Crippen molar-refractivity contribution in [2.24, 2.45) is 0 Å². The van der Waals surface area contributed by atoms with E-state index in [1.54, 1.807) is 11.9 Å². The monoisotopic (exact) mass is 366 g/mol. The maximum Gasteiger partial charge on any atom is 0.327 e. The van der Waals surface area contributed by atoms with Crippen LogP contribution in [0.3, 0.4) is 0 Å². The van der Waals surface area contributed by atoms with Crippen LogP contribution in [-0.2, 0) is 4.79 Å². The average molecular weight is 367 g/mol. The first-order valence-electron chi connectivity index (χ1n) is 7.77. The molecule has 0 bridgehead atoms. The number of alkyl halides is 1. The van der Waals surface area contributed by atoms with Gasteiger partial charge in [-0.1, -0.05) is 66.0 Å². The van der Waals surface area contributed by atoms with Crippen molar-refractivity contribution in [2.45, 2.75) is 50.0 Å². The lowest BCUT2D eigenvalue weighted by atomic mass is 10.00. The fourth-order valence-corrected chi connectivity index (χ4v) is 3.40. The Morgan fingerprint density at radius 1 is 1.32 bits per heavy atom. The average Bonchev–Trinajstić information content (AvgIpc) is 2.76. The molecule has 0 saturated carbocycles. The smallest absolute Gasteiger partial charge is 0.322 e. The first kappa shape index (κ1) is 17.0. The normalized spacial score (nSPS) is 23.0. The van der Waals surface area contributed by atoms with Gasteiger partial charge < -0.3 is 4.90 Å². The maximum atomic E-state index is 12.8. The third kappa shape index (κ3) is 3.19. The highest BCUT2D eigenvalue weighted by molar-refractivity contribution is 9.10. The summed E-state index contributed by atoms with van der Waals surface area (Å²) in [5.74, 6) is -0.136. The highest BCUT2D eigenvalue weighted by Crippen LogP contribution is 2.35. The van der Waals surface area contributed by atoms with Crippen LogP contribution in [0, 0.1) is 0 Å². The van der Waals surface area contributed by atoms with Crippen LogP contribution in [0.1, 0.15) is 44.7 Å². The second-order valence-corrected chi connectivity index (χ2v) is 6.91. The van der Waals surface area contributed by atoms with Gasteiger partial charge in [0, 0.05) is 7.05 Å². The van der Waals surface area contributed by atoms with E-state index >= 15 is 0 Å². The van der Waals surface area contributed by atoms with Gasteiger partial charge in [0.1, 0.15) is 0 Å². The van der Waals surface area contributed by atoms with E-state index in [2.05, 4.69) is 22.9 Å². The minimum Gasteiger partial charge on any atom is -0.322 e. The molecule has 4 nitrogen and oxygen atoms in total. The van der Waals surface area contributed by atoms with E-state index in [0.29, 0.717) is 0 Å². The Bertz CT molecular complexity index is 535. The van der Waals surface area contributed by atoms with Crippen LogP contribution >= 0.6 is 15.9 Å².